The number of morpholine rings is 1. The molecule has 1 aromatic rings. The molecule has 0 saturated carbocycles. The van der Waals surface area contributed by atoms with Gasteiger partial charge in [0.05, 0.1) is 37.4 Å². The molecule has 2 heterocycles. The molecule has 1 aromatic heterocycles. The third-order valence-electron chi connectivity index (χ3n) is 3.28. The highest BCUT2D eigenvalue weighted by Gasteiger charge is 2.30. The Balaban J connectivity index is 2.13. The molecule has 0 spiro atoms. The third kappa shape index (κ3) is 3.16. The maximum Gasteiger partial charge on any atom is 0.305 e. The molecule has 1 fully saturated rings. The highest BCUT2D eigenvalue weighted by atomic mass is 16.5. The van der Waals surface area contributed by atoms with Crippen LogP contribution in [0, 0.1) is 0 Å². The summed E-state index contributed by atoms with van der Waals surface area (Å²) in [5.41, 5.74) is 0.482. The van der Waals surface area contributed by atoms with Gasteiger partial charge >= 0.3 is 5.97 Å². The molecular weight excluding hydrogens is 262 g/mol. The van der Waals surface area contributed by atoms with E-state index in [-0.39, 0.29) is 25.0 Å². The van der Waals surface area contributed by atoms with Crippen molar-refractivity contribution in [1.82, 2.24) is 14.7 Å². The molecule has 7 heteroatoms. The molecule has 1 N–H and O–H groups in total. The van der Waals surface area contributed by atoms with Crippen LogP contribution in [0.5, 0.6) is 0 Å². The lowest BCUT2D eigenvalue weighted by molar-refractivity contribution is -0.139. The van der Waals surface area contributed by atoms with E-state index in [1.807, 2.05) is 13.8 Å². The molecule has 0 radical (unpaired) electrons. The van der Waals surface area contributed by atoms with E-state index in [0.717, 1.165) is 0 Å². The maximum absolute atomic E-state index is 12.5. The molecule has 1 unspecified atom stereocenters. The lowest BCUT2D eigenvalue weighted by Gasteiger charge is -2.34. The number of carboxylic acids is 1. The Morgan fingerprint density at radius 2 is 2.30 bits per heavy atom. The molecule has 0 bridgehead atoms. The van der Waals surface area contributed by atoms with Gasteiger partial charge in [-0.3, -0.25) is 14.3 Å². The summed E-state index contributed by atoms with van der Waals surface area (Å²) in [4.78, 5) is 24.9. The highest BCUT2D eigenvalue weighted by Crippen LogP contribution is 2.16. The molecule has 0 aliphatic carbocycles. The normalized spacial score (nSPS) is 19.4. The molecule has 1 atom stereocenters. The molecule has 20 heavy (non-hydrogen) atoms. The van der Waals surface area contributed by atoms with E-state index >= 15 is 0 Å². The molecule has 1 amide bonds. The van der Waals surface area contributed by atoms with Crippen LogP contribution in [0.1, 0.15) is 36.7 Å². The van der Waals surface area contributed by atoms with Gasteiger partial charge in [0, 0.05) is 18.8 Å². The van der Waals surface area contributed by atoms with E-state index in [0.29, 0.717) is 18.7 Å². The Kier molecular flexibility index (Phi) is 4.39. The molecule has 1 saturated heterocycles. The Bertz CT molecular complexity index is 498. The number of amides is 1. The summed E-state index contributed by atoms with van der Waals surface area (Å²) in [5.74, 6) is -1.12. The van der Waals surface area contributed by atoms with Crippen molar-refractivity contribution in [3.8, 4) is 0 Å². The van der Waals surface area contributed by atoms with Crippen LogP contribution in [0.2, 0.25) is 0 Å². The first-order chi connectivity index (χ1) is 9.49. The van der Waals surface area contributed by atoms with Gasteiger partial charge in [-0.05, 0) is 13.8 Å². The Labute approximate surface area is 117 Å². The lowest BCUT2D eigenvalue weighted by Crippen LogP contribution is -2.49. The van der Waals surface area contributed by atoms with Crippen molar-refractivity contribution in [3.05, 3.63) is 18.0 Å². The number of carbonyl (C=O) groups is 2. The Morgan fingerprint density at radius 3 is 2.90 bits per heavy atom. The van der Waals surface area contributed by atoms with E-state index in [1.54, 1.807) is 15.8 Å². The van der Waals surface area contributed by atoms with Gasteiger partial charge in [0.2, 0.25) is 0 Å². The zero-order valence-electron chi connectivity index (χ0n) is 11.7. The summed E-state index contributed by atoms with van der Waals surface area (Å²) in [5, 5.41) is 13.0. The second kappa shape index (κ2) is 6.04. The van der Waals surface area contributed by atoms with Crippen molar-refractivity contribution < 1.29 is 19.4 Å². The van der Waals surface area contributed by atoms with Crippen molar-refractivity contribution >= 4 is 11.9 Å². The fourth-order valence-electron chi connectivity index (χ4n) is 2.19. The van der Waals surface area contributed by atoms with Crippen molar-refractivity contribution in [1.29, 1.82) is 0 Å². The van der Waals surface area contributed by atoms with E-state index < -0.39 is 12.0 Å². The molecule has 1 aliphatic heterocycles. The van der Waals surface area contributed by atoms with Crippen LogP contribution in [-0.2, 0) is 9.53 Å². The predicted molar refractivity (Wildman–Crippen MR) is 70.5 cm³/mol. The standard InChI is InChI=1S/C13H19N3O4/c1-9(2)16-7-10(6-14-16)13(19)15-3-4-20-8-11(15)5-12(17)18/h6-7,9,11H,3-5,8H2,1-2H3,(H,17,18). The fraction of sp³-hybridized carbons (Fsp3) is 0.615. The second-order valence-electron chi connectivity index (χ2n) is 5.13. The van der Waals surface area contributed by atoms with Crippen LogP contribution >= 0.6 is 0 Å². The van der Waals surface area contributed by atoms with Crippen molar-refractivity contribution in [2.24, 2.45) is 0 Å². The topological polar surface area (TPSA) is 84.7 Å². The van der Waals surface area contributed by atoms with Gasteiger partial charge in [0.25, 0.3) is 5.91 Å². The Morgan fingerprint density at radius 1 is 1.55 bits per heavy atom. The molecule has 1 aliphatic rings. The summed E-state index contributed by atoms with van der Waals surface area (Å²) < 4.78 is 6.97. The van der Waals surface area contributed by atoms with Gasteiger partial charge in [-0.1, -0.05) is 0 Å². The number of hydrogen-bond donors (Lipinski definition) is 1. The molecular formula is C13H19N3O4. The summed E-state index contributed by atoms with van der Waals surface area (Å²) >= 11 is 0. The average molecular weight is 281 g/mol. The molecule has 0 aromatic carbocycles. The average Bonchev–Trinajstić information content (AvgIpc) is 2.87. The van der Waals surface area contributed by atoms with Gasteiger partial charge in [0.1, 0.15) is 0 Å². The minimum atomic E-state index is -0.934. The third-order valence-corrected chi connectivity index (χ3v) is 3.28. The number of rotatable bonds is 4. The van der Waals surface area contributed by atoms with Gasteiger partial charge in [-0.25, -0.2) is 0 Å². The SMILES string of the molecule is CC(C)n1cc(C(=O)N2CCOCC2CC(=O)O)cn1. The van der Waals surface area contributed by atoms with E-state index in [1.165, 1.54) is 6.20 Å². The van der Waals surface area contributed by atoms with Crippen LogP contribution in [0.25, 0.3) is 0 Å². The maximum atomic E-state index is 12.5. The minimum absolute atomic E-state index is 0.107. The van der Waals surface area contributed by atoms with Crippen LogP contribution in [0.3, 0.4) is 0 Å². The molecule has 110 valence electrons. The molecule has 2 rings (SSSR count). The summed E-state index contributed by atoms with van der Waals surface area (Å²) in [7, 11) is 0. The van der Waals surface area contributed by atoms with Crippen LogP contribution in [0.4, 0.5) is 0 Å². The van der Waals surface area contributed by atoms with Gasteiger partial charge in [-0.15, -0.1) is 0 Å². The van der Waals surface area contributed by atoms with Gasteiger partial charge in [0.15, 0.2) is 0 Å². The van der Waals surface area contributed by atoms with Crippen molar-refractivity contribution in [2.45, 2.75) is 32.4 Å². The second-order valence-corrected chi connectivity index (χ2v) is 5.13. The minimum Gasteiger partial charge on any atom is -0.481 e. The predicted octanol–water partition coefficient (Wildman–Crippen LogP) is 0.780. The van der Waals surface area contributed by atoms with Crippen molar-refractivity contribution in [3.63, 3.8) is 0 Å². The first-order valence-corrected chi connectivity index (χ1v) is 6.63. The van der Waals surface area contributed by atoms with Crippen LogP contribution in [-0.4, -0.2) is 57.5 Å². The number of carbonyl (C=O) groups excluding carboxylic acids is 1. The lowest BCUT2D eigenvalue weighted by atomic mass is 10.1. The first kappa shape index (κ1) is 14.5. The largest absolute Gasteiger partial charge is 0.481 e. The summed E-state index contributed by atoms with van der Waals surface area (Å²) in [6.45, 7) is 5.05. The fourth-order valence-corrected chi connectivity index (χ4v) is 2.19. The Hall–Kier alpha value is -1.89. The zero-order chi connectivity index (χ0) is 14.7. The van der Waals surface area contributed by atoms with E-state index in [9.17, 15) is 9.59 Å². The van der Waals surface area contributed by atoms with Gasteiger partial charge in [-0.2, -0.15) is 5.10 Å². The molecule has 7 nitrogen and oxygen atoms in total. The van der Waals surface area contributed by atoms with Crippen molar-refractivity contribution in [2.75, 3.05) is 19.8 Å². The highest BCUT2D eigenvalue weighted by molar-refractivity contribution is 5.94. The monoisotopic (exact) mass is 281 g/mol. The number of nitrogens with zero attached hydrogens (tertiary/aromatic N) is 3. The number of hydrogen-bond acceptors (Lipinski definition) is 4. The zero-order valence-corrected chi connectivity index (χ0v) is 11.7. The smallest absolute Gasteiger partial charge is 0.305 e. The number of ether oxygens (including phenoxy) is 1. The number of carboxylic acid groups (broad SMARTS) is 1. The van der Waals surface area contributed by atoms with E-state index in [4.69, 9.17) is 9.84 Å². The van der Waals surface area contributed by atoms with Gasteiger partial charge < -0.3 is 14.7 Å². The van der Waals surface area contributed by atoms with Crippen LogP contribution in [0.15, 0.2) is 12.4 Å². The summed E-state index contributed by atoms with van der Waals surface area (Å²) in [6.07, 6.45) is 3.11. The number of aromatic nitrogens is 2. The number of aliphatic carboxylic acids is 1. The quantitative estimate of drug-likeness (QED) is 0.881. The van der Waals surface area contributed by atoms with E-state index in [2.05, 4.69) is 5.10 Å². The first-order valence-electron chi connectivity index (χ1n) is 6.63. The summed E-state index contributed by atoms with van der Waals surface area (Å²) in [6, 6.07) is -0.243. The van der Waals surface area contributed by atoms with Crippen LogP contribution < -0.4 is 0 Å².